The molecule has 2 heteroatoms. The van der Waals surface area contributed by atoms with Crippen molar-refractivity contribution < 1.29 is 0 Å². The molecule has 0 saturated heterocycles. The van der Waals surface area contributed by atoms with Gasteiger partial charge >= 0.3 is 0 Å². The van der Waals surface area contributed by atoms with Gasteiger partial charge in [0.25, 0.3) is 0 Å². The molecule has 2 radical (unpaired) electrons. The molecule has 0 aromatic heterocycles. The molecule has 15 heavy (non-hydrogen) atoms. The van der Waals surface area contributed by atoms with E-state index in [4.69, 9.17) is 0 Å². The van der Waals surface area contributed by atoms with Crippen LogP contribution in [0.4, 0.5) is 0 Å². The van der Waals surface area contributed by atoms with E-state index in [0.29, 0.717) is 0 Å². The molecular formula is C13H25NSi. The maximum absolute atomic E-state index is 2.90. The highest BCUT2D eigenvalue weighted by Crippen LogP contribution is 2.31. The Morgan fingerprint density at radius 1 is 0.933 bits per heavy atom. The van der Waals surface area contributed by atoms with Crippen molar-refractivity contribution in [2.75, 3.05) is 6.17 Å². The van der Waals surface area contributed by atoms with Crippen molar-refractivity contribution in [3.63, 3.8) is 0 Å². The van der Waals surface area contributed by atoms with Crippen LogP contribution in [0.3, 0.4) is 0 Å². The monoisotopic (exact) mass is 223 g/mol. The molecular weight excluding hydrogens is 198 g/mol. The molecule has 0 N–H and O–H groups in total. The van der Waals surface area contributed by atoms with Crippen LogP contribution in [0, 0.1) is 0 Å². The Labute approximate surface area is 97.4 Å². The van der Waals surface area contributed by atoms with Crippen LogP contribution in [0.1, 0.15) is 58.3 Å². The second kappa shape index (κ2) is 6.05. The van der Waals surface area contributed by atoms with E-state index in [-0.39, 0.29) is 0 Å². The van der Waals surface area contributed by atoms with Crippen LogP contribution in [0.25, 0.3) is 0 Å². The van der Waals surface area contributed by atoms with Crippen LogP contribution in [0.15, 0.2) is 0 Å². The predicted octanol–water partition coefficient (Wildman–Crippen LogP) is 3.27. The topological polar surface area (TPSA) is 3.24 Å². The first-order chi connectivity index (χ1) is 7.42. The maximum Gasteiger partial charge on any atom is 0.0564 e. The van der Waals surface area contributed by atoms with Crippen LogP contribution in [0.5, 0.6) is 0 Å². The van der Waals surface area contributed by atoms with E-state index in [9.17, 15) is 0 Å². The van der Waals surface area contributed by atoms with Crippen molar-refractivity contribution in [1.82, 2.24) is 4.90 Å². The second-order valence-corrected chi connectivity index (χ2v) is 6.68. The Morgan fingerprint density at radius 2 is 1.40 bits per heavy atom. The van der Waals surface area contributed by atoms with Crippen LogP contribution in [0.2, 0.25) is 6.04 Å². The fourth-order valence-electron chi connectivity index (χ4n) is 3.27. The summed E-state index contributed by atoms with van der Waals surface area (Å²) in [5.74, 6) is 0. The van der Waals surface area contributed by atoms with E-state index >= 15 is 0 Å². The molecule has 2 aliphatic rings. The molecule has 0 aromatic carbocycles. The number of rotatable bonds is 5. The van der Waals surface area contributed by atoms with Crippen LogP contribution in [-0.2, 0) is 0 Å². The minimum atomic E-state index is 0.965. The van der Waals surface area contributed by atoms with E-state index in [2.05, 4.69) is 11.8 Å². The summed E-state index contributed by atoms with van der Waals surface area (Å²) in [6.07, 6.45) is 13.3. The first kappa shape index (κ1) is 11.7. The molecule has 1 nitrogen and oxygen atoms in total. The summed E-state index contributed by atoms with van der Waals surface area (Å²) < 4.78 is 0. The lowest BCUT2D eigenvalue weighted by Crippen LogP contribution is -2.43. The standard InChI is InChI=1S/C13H25NSi/c1-2-15-11-14(12-7-3-4-8-12)13-9-5-6-10-13/h12-13H,2-11H2,1H3. The highest BCUT2D eigenvalue weighted by atomic mass is 28.2. The quantitative estimate of drug-likeness (QED) is 0.647. The largest absolute Gasteiger partial charge is 0.301 e. The normalized spacial score (nSPS) is 24.4. The Morgan fingerprint density at radius 3 is 1.80 bits per heavy atom. The molecule has 2 fully saturated rings. The first-order valence-corrected chi connectivity index (χ1v) is 8.29. The smallest absolute Gasteiger partial charge is 0.0564 e. The minimum absolute atomic E-state index is 0.965. The molecule has 2 saturated carbocycles. The molecule has 0 heterocycles. The number of nitrogens with zero attached hydrogens (tertiary/aromatic N) is 1. The predicted molar refractivity (Wildman–Crippen MR) is 67.5 cm³/mol. The van der Waals surface area contributed by atoms with Crippen molar-refractivity contribution in [3.8, 4) is 0 Å². The third-order valence-corrected chi connectivity index (χ3v) is 5.22. The average molecular weight is 223 g/mol. The fraction of sp³-hybridized carbons (Fsp3) is 1.00. The molecule has 86 valence electrons. The highest BCUT2D eigenvalue weighted by Gasteiger charge is 2.29. The SMILES string of the molecule is CC[Si]CN(C1CCCC1)C1CCCC1. The van der Waals surface area contributed by atoms with Crippen molar-refractivity contribution in [1.29, 1.82) is 0 Å². The van der Waals surface area contributed by atoms with Crippen molar-refractivity contribution in [2.24, 2.45) is 0 Å². The Bertz CT molecular complexity index is 155. The lowest BCUT2D eigenvalue weighted by molar-refractivity contribution is 0.164. The van der Waals surface area contributed by atoms with E-state index < -0.39 is 0 Å². The van der Waals surface area contributed by atoms with Gasteiger partial charge in [0.15, 0.2) is 0 Å². The molecule has 0 aliphatic heterocycles. The first-order valence-electron chi connectivity index (χ1n) is 6.88. The van der Waals surface area contributed by atoms with E-state index in [0.717, 1.165) is 12.1 Å². The molecule has 0 spiro atoms. The molecule has 0 atom stereocenters. The number of hydrogen-bond acceptors (Lipinski definition) is 1. The van der Waals surface area contributed by atoms with Gasteiger partial charge in [-0.1, -0.05) is 38.7 Å². The summed E-state index contributed by atoms with van der Waals surface area (Å²) in [5.41, 5.74) is 0. The Kier molecular flexibility index (Phi) is 4.70. The van der Waals surface area contributed by atoms with Gasteiger partial charge in [-0.3, -0.25) is 0 Å². The lowest BCUT2D eigenvalue weighted by atomic mass is 10.1. The molecule has 2 aliphatic carbocycles. The highest BCUT2D eigenvalue weighted by molar-refractivity contribution is 6.35. The van der Waals surface area contributed by atoms with Gasteiger partial charge in [-0.05, 0) is 31.9 Å². The van der Waals surface area contributed by atoms with Crippen molar-refractivity contribution in [2.45, 2.75) is 76.4 Å². The van der Waals surface area contributed by atoms with Gasteiger partial charge in [0.05, 0.1) is 9.52 Å². The van der Waals surface area contributed by atoms with E-state index in [1.807, 2.05) is 0 Å². The van der Waals surface area contributed by atoms with Crippen molar-refractivity contribution >= 4 is 9.52 Å². The zero-order chi connectivity index (χ0) is 10.5. The second-order valence-electron chi connectivity index (χ2n) is 5.15. The van der Waals surface area contributed by atoms with E-state index in [1.165, 1.54) is 73.1 Å². The van der Waals surface area contributed by atoms with Gasteiger partial charge in [-0.15, -0.1) is 0 Å². The Hall–Kier alpha value is 0.177. The fourth-order valence-corrected chi connectivity index (χ4v) is 4.27. The third kappa shape index (κ3) is 3.07. The van der Waals surface area contributed by atoms with Gasteiger partial charge in [-0.2, -0.15) is 0 Å². The molecule has 2 rings (SSSR count). The summed E-state index contributed by atoms with van der Waals surface area (Å²) in [7, 11) is 1.17. The van der Waals surface area contributed by atoms with Crippen LogP contribution >= 0.6 is 0 Å². The van der Waals surface area contributed by atoms with Crippen molar-refractivity contribution in [3.05, 3.63) is 0 Å². The molecule has 0 amide bonds. The third-order valence-electron chi connectivity index (χ3n) is 4.13. The van der Waals surface area contributed by atoms with Crippen LogP contribution in [-0.4, -0.2) is 32.7 Å². The minimum Gasteiger partial charge on any atom is -0.301 e. The molecule has 0 bridgehead atoms. The van der Waals surface area contributed by atoms with Gasteiger partial charge in [0, 0.05) is 12.1 Å². The zero-order valence-electron chi connectivity index (χ0n) is 10.2. The van der Waals surface area contributed by atoms with Gasteiger partial charge < -0.3 is 4.90 Å². The molecule has 0 aromatic rings. The van der Waals surface area contributed by atoms with E-state index in [1.54, 1.807) is 0 Å². The summed E-state index contributed by atoms with van der Waals surface area (Å²) in [6, 6.07) is 3.31. The number of hydrogen-bond donors (Lipinski definition) is 0. The lowest BCUT2D eigenvalue weighted by Gasteiger charge is -2.34. The van der Waals surface area contributed by atoms with Gasteiger partial charge in [0.1, 0.15) is 0 Å². The summed E-state index contributed by atoms with van der Waals surface area (Å²) >= 11 is 0. The summed E-state index contributed by atoms with van der Waals surface area (Å²) in [4.78, 5) is 2.90. The average Bonchev–Trinajstić information content (AvgIpc) is 2.90. The summed E-state index contributed by atoms with van der Waals surface area (Å²) in [6.45, 7) is 2.33. The zero-order valence-corrected chi connectivity index (χ0v) is 11.2. The van der Waals surface area contributed by atoms with Gasteiger partial charge in [-0.25, -0.2) is 0 Å². The molecule has 0 unspecified atom stereocenters. The summed E-state index contributed by atoms with van der Waals surface area (Å²) in [5, 5.41) is 0. The maximum atomic E-state index is 2.90. The van der Waals surface area contributed by atoms with Crippen LogP contribution < -0.4 is 0 Å². The van der Waals surface area contributed by atoms with Gasteiger partial charge in [0.2, 0.25) is 0 Å². The Balaban J connectivity index is 1.88.